The Kier molecular flexibility index (Phi) is 2.67. The highest BCUT2D eigenvalue weighted by Crippen LogP contribution is 2.33. The number of rotatable bonds is 1. The third kappa shape index (κ3) is 1.73. The van der Waals surface area contributed by atoms with Gasteiger partial charge in [-0.3, -0.25) is 0 Å². The second-order valence-electron chi connectivity index (χ2n) is 3.20. The van der Waals surface area contributed by atoms with E-state index in [0.717, 1.165) is 20.0 Å². The zero-order valence-electron chi connectivity index (χ0n) is 8.33. The fraction of sp³-hybridized carbons (Fsp3) is 0.182. The Morgan fingerprint density at radius 2 is 2.20 bits per heavy atom. The van der Waals surface area contributed by atoms with Crippen molar-refractivity contribution in [3.63, 3.8) is 0 Å². The number of fused-ring (bicyclic) bond motifs is 1. The van der Waals surface area contributed by atoms with Gasteiger partial charge in [0.05, 0.1) is 17.0 Å². The summed E-state index contributed by atoms with van der Waals surface area (Å²) in [5.41, 5.74) is 1.53. The van der Waals surface area contributed by atoms with Gasteiger partial charge in [0, 0.05) is 4.70 Å². The minimum absolute atomic E-state index is 0.307. The summed E-state index contributed by atoms with van der Waals surface area (Å²) in [4.78, 5) is 11.4. The molecular formula is C11H9ClO2S. The average molecular weight is 241 g/mol. The summed E-state index contributed by atoms with van der Waals surface area (Å²) in [6.45, 7) is 1.90. The van der Waals surface area contributed by atoms with Crippen LogP contribution in [-0.2, 0) is 4.74 Å². The molecule has 0 aliphatic heterocycles. The zero-order valence-corrected chi connectivity index (χ0v) is 9.91. The van der Waals surface area contributed by atoms with Gasteiger partial charge in [-0.15, -0.1) is 11.3 Å². The fourth-order valence-corrected chi connectivity index (χ4v) is 2.78. The minimum atomic E-state index is -0.307. The maximum absolute atomic E-state index is 11.4. The van der Waals surface area contributed by atoms with E-state index in [9.17, 15) is 4.79 Å². The molecule has 1 aromatic carbocycles. The molecule has 78 valence electrons. The third-order valence-electron chi connectivity index (χ3n) is 2.31. The van der Waals surface area contributed by atoms with Crippen LogP contribution in [0.5, 0.6) is 0 Å². The molecule has 0 bridgehead atoms. The molecule has 0 atom stereocenters. The van der Waals surface area contributed by atoms with Crippen molar-refractivity contribution in [3.8, 4) is 0 Å². The number of aryl methyl sites for hydroxylation is 1. The Morgan fingerprint density at radius 1 is 1.47 bits per heavy atom. The number of carbonyl (C=O) groups is 1. The lowest BCUT2D eigenvalue weighted by Crippen LogP contribution is -2.03. The van der Waals surface area contributed by atoms with Gasteiger partial charge in [0.2, 0.25) is 0 Å². The normalized spacial score (nSPS) is 10.6. The topological polar surface area (TPSA) is 26.3 Å². The van der Waals surface area contributed by atoms with Gasteiger partial charge < -0.3 is 4.74 Å². The average Bonchev–Trinajstić information content (AvgIpc) is 2.59. The highest BCUT2D eigenvalue weighted by molar-refractivity contribution is 7.22. The van der Waals surface area contributed by atoms with Crippen LogP contribution in [0.4, 0.5) is 0 Å². The van der Waals surface area contributed by atoms with Gasteiger partial charge in [0.1, 0.15) is 0 Å². The van der Waals surface area contributed by atoms with Gasteiger partial charge in [0.25, 0.3) is 0 Å². The van der Waals surface area contributed by atoms with Crippen molar-refractivity contribution in [2.75, 3.05) is 7.11 Å². The number of methoxy groups -OCH3 is 1. The summed E-state index contributed by atoms with van der Waals surface area (Å²) in [5, 5.41) is 1.06. The van der Waals surface area contributed by atoms with Crippen LogP contribution in [0.2, 0.25) is 4.34 Å². The minimum Gasteiger partial charge on any atom is -0.465 e. The number of ether oxygens (including phenoxy) is 1. The molecule has 0 saturated carbocycles. The smallest absolute Gasteiger partial charge is 0.338 e. The summed E-state index contributed by atoms with van der Waals surface area (Å²) in [7, 11) is 1.38. The monoisotopic (exact) mass is 240 g/mol. The lowest BCUT2D eigenvalue weighted by Gasteiger charge is -2.03. The Balaban J connectivity index is 2.69. The molecule has 0 amide bonds. The number of halogens is 1. The van der Waals surface area contributed by atoms with E-state index >= 15 is 0 Å². The van der Waals surface area contributed by atoms with Crippen molar-refractivity contribution in [1.82, 2.24) is 0 Å². The first-order valence-electron chi connectivity index (χ1n) is 4.40. The van der Waals surface area contributed by atoms with Crippen LogP contribution in [-0.4, -0.2) is 13.1 Å². The Morgan fingerprint density at radius 3 is 2.87 bits per heavy atom. The Bertz CT molecular complexity index is 531. The predicted octanol–water partition coefficient (Wildman–Crippen LogP) is 3.65. The van der Waals surface area contributed by atoms with Gasteiger partial charge in [-0.25, -0.2) is 4.79 Å². The standard InChI is InChI=1S/C11H9ClO2S/c1-6-8(11(13)14-2)4-3-7-5-9(12)15-10(6)7/h3-5H,1-2H3. The first-order chi connectivity index (χ1) is 7.13. The van der Waals surface area contributed by atoms with E-state index in [4.69, 9.17) is 16.3 Å². The van der Waals surface area contributed by atoms with Crippen LogP contribution in [0.3, 0.4) is 0 Å². The largest absolute Gasteiger partial charge is 0.465 e. The summed E-state index contributed by atoms with van der Waals surface area (Å²) in [6.07, 6.45) is 0. The van der Waals surface area contributed by atoms with E-state index in [-0.39, 0.29) is 5.97 Å². The van der Waals surface area contributed by atoms with E-state index in [2.05, 4.69) is 0 Å². The Labute approximate surface area is 96.4 Å². The van der Waals surface area contributed by atoms with E-state index in [1.807, 2.05) is 19.1 Å². The summed E-state index contributed by atoms with van der Waals surface area (Å²) < 4.78 is 6.48. The molecule has 15 heavy (non-hydrogen) atoms. The van der Waals surface area contributed by atoms with Crippen molar-refractivity contribution in [2.45, 2.75) is 6.92 Å². The van der Waals surface area contributed by atoms with Crippen molar-refractivity contribution in [3.05, 3.63) is 33.7 Å². The molecule has 0 aliphatic carbocycles. The van der Waals surface area contributed by atoms with Crippen LogP contribution in [0.25, 0.3) is 10.1 Å². The highest BCUT2D eigenvalue weighted by atomic mass is 35.5. The summed E-state index contributed by atoms with van der Waals surface area (Å²) in [6, 6.07) is 5.55. The van der Waals surface area contributed by atoms with Crippen LogP contribution >= 0.6 is 22.9 Å². The number of benzene rings is 1. The number of hydrogen-bond acceptors (Lipinski definition) is 3. The Hall–Kier alpha value is -1.06. The first kappa shape index (κ1) is 10.5. The van der Waals surface area contributed by atoms with Crippen molar-refractivity contribution >= 4 is 39.0 Å². The maximum Gasteiger partial charge on any atom is 0.338 e. The van der Waals surface area contributed by atoms with Gasteiger partial charge in [-0.1, -0.05) is 17.7 Å². The summed E-state index contributed by atoms with van der Waals surface area (Å²) in [5.74, 6) is -0.307. The molecule has 2 nitrogen and oxygen atoms in total. The SMILES string of the molecule is COC(=O)c1ccc2cc(Cl)sc2c1C. The number of esters is 1. The molecule has 0 aliphatic rings. The van der Waals surface area contributed by atoms with E-state index in [1.165, 1.54) is 18.4 Å². The second kappa shape index (κ2) is 3.83. The van der Waals surface area contributed by atoms with Crippen molar-refractivity contribution in [1.29, 1.82) is 0 Å². The lowest BCUT2D eigenvalue weighted by molar-refractivity contribution is 0.0600. The van der Waals surface area contributed by atoms with Crippen molar-refractivity contribution < 1.29 is 9.53 Å². The lowest BCUT2D eigenvalue weighted by atomic mass is 10.1. The van der Waals surface area contributed by atoms with E-state index < -0.39 is 0 Å². The molecule has 2 aromatic rings. The maximum atomic E-state index is 11.4. The van der Waals surface area contributed by atoms with Gasteiger partial charge >= 0.3 is 5.97 Å². The molecular weight excluding hydrogens is 232 g/mol. The van der Waals surface area contributed by atoms with Crippen LogP contribution in [0.1, 0.15) is 15.9 Å². The number of thiophene rings is 1. The first-order valence-corrected chi connectivity index (χ1v) is 5.60. The number of carbonyl (C=O) groups excluding carboxylic acids is 1. The van der Waals surface area contributed by atoms with Gasteiger partial charge in [-0.2, -0.15) is 0 Å². The number of hydrogen-bond donors (Lipinski definition) is 0. The molecule has 4 heteroatoms. The van der Waals surface area contributed by atoms with Crippen LogP contribution in [0, 0.1) is 6.92 Å². The third-order valence-corrected chi connectivity index (χ3v) is 3.71. The molecule has 0 unspecified atom stereocenters. The van der Waals surface area contributed by atoms with Gasteiger partial charge in [0.15, 0.2) is 0 Å². The molecule has 0 N–H and O–H groups in total. The molecule has 0 radical (unpaired) electrons. The van der Waals surface area contributed by atoms with Gasteiger partial charge in [-0.05, 0) is 30.0 Å². The molecule has 0 fully saturated rings. The van der Waals surface area contributed by atoms with E-state index in [1.54, 1.807) is 6.07 Å². The quantitative estimate of drug-likeness (QED) is 0.712. The fourth-order valence-electron chi connectivity index (χ4n) is 1.54. The molecule has 1 aromatic heterocycles. The second-order valence-corrected chi connectivity index (χ2v) is 4.88. The zero-order chi connectivity index (χ0) is 11.0. The molecule has 1 heterocycles. The van der Waals surface area contributed by atoms with Crippen LogP contribution < -0.4 is 0 Å². The highest BCUT2D eigenvalue weighted by Gasteiger charge is 2.12. The van der Waals surface area contributed by atoms with Crippen LogP contribution in [0.15, 0.2) is 18.2 Å². The molecule has 0 saturated heterocycles. The van der Waals surface area contributed by atoms with E-state index in [0.29, 0.717) is 5.56 Å². The van der Waals surface area contributed by atoms with Crippen molar-refractivity contribution in [2.24, 2.45) is 0 Å². The predicted molar refractivity (Wildman–Crippen MR) is 62.9 cm³/mol. The molecule has 2 rings (SSSR count). The summed E-state index contributed by atoms with van der Waals surface area (Å²) >= 11 is 7.40. The molecule has 0 spiro atoms.